The molecule has 0 unspecified atom stereocenters. The minimum Gasteiger partial charge on any atom is -0.299 e. The first-order chi connectivity index (χ1) is 5.00. The number of hydrogen-bond donors (Lipinski definition) is 0. The summed E-state index contributed by atoms with van der Waals surface area (Å²) in [6.45, 7) is 15.7. The van der Waals surface area contributed by atoms with Gasteiger partial charge in [-0.05, 0) is 26.7 Å². The Bertz CT molecular complexity index is 130. The molecule has 0 heterocycles. The van der Waals surface area contributed by atoms with E-state index in [-0.39, 0.29) is 0 Å². The van der Waals surface area contributed by atoms with Gasteiger partial charge >= 0.3 is 0 Å². The number of unbranched alkanes of at least 4 members (excludes halogenated alkanes) is 1. The van der Waals surface area contributed by atoms with Gasteiger partial charge in [-0.1, -0.05) is 22.4 Å². The predicted octanol–water partition coefficient (Wildman–Crippen LogP) is 2.24. The second-order valence-corrected chi connectivity index (χ2v) is 3.34. The van der Waals surface area contributed by atoms with Crippen molar-refractivity contribution in [2.75, 3.05) is 5.33 Å². The Morgan fingerprint density at radius 1 is 1.36 bits per heavy atom. The summed E-state index contributed by atoms with van der Waals surface area (Å²) in [5.74, 6) is -0.646. The van der Waals surface area contributed by atoms with Gasteiger partial charge in [-0.2, -0.15) is 0 Å². The van der Waals surface area contributed by atoms with Gasteiger partial charge in [0.05, 0.1) is 0 Å². The number of carbonyl (C=O) groups excluding carboxylic acids is 1. The van der Waals surface area contributed by atoms with Gasteiger partial charge in [-0.25, -0.2) is 0 Å². The van der Waals surface area contributed by atoms with E-state index in [4.69, 9.17) is 20.8 Å². The molecule has 11 heavy (non-hydrogen) atoms. The van der Waals surface area contributed by atoms with E-state index in [9.17, 15) is 4.79 Å². The number of hydrogen-bond acceptors (Lipinski definition) is 1. The highest BCUT2D eigenvalue weighted by Gasteiger charge is 2.23. The number of rotatable bonds is 5. The van der Waals surface area contributed by atoms with Gasteiger partial charge in [0.1, 0.15) is 5.78 Å². The van der Waals surface area contributed by atoms with Gasteiger partial charge < -0.3 is 0 Å². The Balaban J connectivity index is 3.64. The molecule has 0 aromatic heterocycles. The Kier molecular flexibility index (Phi) is 4.98. The van der Waals surface area contributed by atoms with Crippen molar-refractivity contribution in [3.63, 3.8) is 0 Å². The van der Waals surface area contributed by atoms with Crippen LogP contribution in [0.25, 0.3) is 0 Å². The first-order valence-corrected chi connectivity index (χ1v) is 4.56. The van der Waals surface area contributed by atoms with E-state index in [1.165, 1.54) is 0 Å². The molecule has 2 heteroatoms. The van der Waals surface area contributed by atoms with E-state index in [1.807, 2.05) is 0 Å². The van der Waals surface area contributed by atoms with Gasteiger partial charge in [0, 0.05) is 17.7 Å². The van der Waals surface area contributed by atoms with E-state index < -0.39 is 11.2 Å². The molecule has 0 spiro atoms. The average molecular weight is 215 g/mol. The SMILES string of the molecule is [CH]C(=O)C([CH])([CH])CCCCBr. The van der Waals surface area contributed by atoms with Crippen LogP contribution in [0.4, 0.5) is 0 Å². The highest BCUT2D eigenvalue weighted by atomic mass is 79.9. The van der Waals surface area contributed by atoms with Crippen LogP contribution in [0.5, 0.6) is 0 Å². The standard InChI is InChI=1S/C9H11BrO/c1-8(11)9(2,3)6-4-5-7-10/h1-3H,4-7H2. The molecule has 0 bridgehead atoms. The van der Waals surface area contributed by atoms with E-state index in [2.05, 4.69) is 15.9 Å². The maximum Gasteiger partial charge on any atom is 0.144 e. The van der Waals surface area contributed by atoms with Crippen molar-refractivity contribution in [2.45, 2.75) is 19.3 Å². The monoisotopic (exact) mass is 214 g/mol. The molecular formula is C9H11BrO. The summed E-state index contributed by atoms with van der Waals surface area (Å²) < 4.78 is 0. The first kappa shape index (κ1) is 11.2. The van der Waals surface area contributed by atoms with Crippen molar-refractivity contribution in [3.8, 4) is 0 Å². The molecular weight excluding hydrogens is 204 g/mol. The van der Waals surface area contributed by atoms with Crippen LogP contribution in [-0.2, 0) is 4.79 Å². The third-order valence-corrected chi connectivity index (χ3v) is 1.99. The molecule has 1 nitrogen and oxygen atoms in total. The molecule has 0 N–H and O–H groups in total. The predicted molar refractivity (Wildman–Crippen MR) is 48.0 cm³/mol. The van der Waals surface area contributed by atoms with Gasteiger partial charge in [0.2, 0.25) is 0 Å². The van der Waals surface area contributed by atoms with Crippen molar-refractivity contribution in [1.29, 1.82) is 0 Å². The lowest BCUT2D eigenvalue weighted by molar-refractivity contribution is -0.120. The van der Waals surface area contributed by atoms with Crippen LogP contribution in [0.2, 0.25) is 0 Å². The molecule has 0 aromatic carbocycles. The lowest BCUT2D eigenvalue weighted by atomic mass is 9.84. The van der Waals surface area contributed by atoms with Crippen LogP contribution < -0.4 is 0 Å². The summed E-state index contributed by atoms with van der Waals surface area (Å²) in [6, 6.07) is 0. The van der Waals surface area contributed by atoms with Gasteiger partial charge in [-0.15, -0.1) is 0 Å². The largest absolute Gasteiger partial charge is 0.299 e. The molecule has 0 aliphatic heterocycles. The summed E-state index contributed by atoms with van der Waals surface area (Å²) in [7, 11) is 0. The lowest BCUT2D eigenvalue weighted by Gasteiger charge is -2.18. The highest BCUT2D eigenvalue weighted by molar-refractivity contribution is 9.09. The van der Waals surface area contributed by atoms with Crippen LogP contribution in [0, 0.1) is 26.2 Å². The molecule has 0 saturated heterocycles. The first-order valence-electron chi connectivity index (χ1n) is 3.44. The zero-order chi connectivity index (χ0) is 8.91. The maximum absolute atomic E-state index is 10.6. The molecule has 6 radical (unpaired) electrons. The summed E-state index contributed by atoms with van der Waals surface area (Å²) in [4.78, 5) is 10.6. The van der Waals surface area contributed by atoms with Gasteiger partial charge in [-0.3, -0.25) is 4.79 Å². The van der Waals surface area contributed by atoms with Crippen molar-refractivity contribution < 1.29 is 4.79 Å². The number of halogens is 1. The lowest BCUT2D eigenvalue weighted by Crippen LogP contribution is -2.22. The molecule has 0 rings (SSSR count). The molecule has 0 saturated carbocycles. The molecule has 0 atom stereocenters. The van der Waals surface area contributed by atoms with Crippen molar-refractivity contribution in [2.24, 2.45) is 5.41 Å². The minimum absolute atomic E-state index is 0.438. The highest BCUT2D eigenvalue weighted by Crippen LogP contribution is 2.22. The fourth-order valence-electron chi connectivity index (χ4n) is 0.635. The van der Waals surface area contributed by atoms with Crippen LogP contribution in [0.1, 0.15) is 19.3 Å². The van der Waals surface area contributed by atoms with Crippen molar-refractivity contribution in [1.82, 2.24) is 0 Å². The fourth-order valence-corrected chi connectivity index (χ4v) is 1.03. The number of ketones is 1. The number of carbonyl (C=O) groups is 1. The summed E-state index contributed by atoms with van der Waals surface area (Å²) in [6.07, 6.45) is 2.19. The summed E-state index contributed by atoms with van der Waals surface area (Å²) in [5, 5.41) is 0.891. The van der Waals surface area contributed by atoms with E-state index in [1.54, 1.807) is 0 Å². The fraction of sp³-hybridized carbons (Fsp3) is 0.556. The molecule has 0 amide bonds. The van der Waals surface area contributed by atoms with Gasteiger partial charge in [0.25, 0.3) is 0 Å². The molecule has 0 fully saturated rings. The Hall–Kier alpha value is 0.150. The third-order valence-electron chi connectivity index (χ3n) is 1.43. The average Bonchev–Trinajstić information content (AvgIpc) is 1.88. The Morgan fingerprint density at radius 3 is 2.27 bits per heavy atom. The smallest absolute Gasteiger partial charge is 0.144 e. The Morgan fingerprint density at radius 2 is 1.91 bits per heavy atom. The zero-order valence-corrected chi connectivity index (χ0v) is 7.93. The van der Waals surface area contributed by atoms with Crippen LogP contribution >= 0.6 is 15.9 Å². The normalized spacial score (nSPS) is 11.6. The second-order valence-electron chi connectivity index (χ2n) is 2.55. The van der Waals surface area contributed by atoms with E-state index in [0.717, 1.165) is 18.2 Å². The molecule has 60 valence electrons. The molecule has 0 aliphatic carbocycles. The van der Waals surface area contributed by atoms with Crippen molar-refractivity contribution in [3.05, 3.63) is 20.8 Å². The second kappa shape index (κ2) is 4.91. The summed E-state index contributed by atoms with van der Waals surface area (Å²) >= 11 is 3.26. The van der Waals surface area contributed by atoms with Crippen molar-refractivity contribution >= 4 is 21.7 Å². The quantitative estimate of drug-likeness (QED) is 0.507. The van der Waals surface area contributed by atoms with Crippen LogP contribution in [-0.4, -0.2) is 11.1 Å². The van der Waals surface area contributed by atoms with E-state index in [0.29, 0.717) is 6.42 Å². The molecule has 0 aromatic rings. The minimum atomic E-state index is -1.33. The van der Waals surface area contributed by atoms with Gasteiger partial charge in [0.15, 0.2) is 0 Å². The molecule has 0 aliphatic rings. The summed E-state index contributed by atoms with van der Waals surface area (Å²) in [5.41, 5.74) is -1.33. The van der Waals surface area contributed by atoms with Crippen LogP contribution in [0.3, 0.4) is 0 Å². The van der Waals surface area contributed by atoms with Crippen LogP contribution in [0.15, 0.2) is 0 Å². The zero-order valence-electron chi connectivity index (χ0n) is 6.35. The topological polar surface area (TPSA) is 17.1 Å². The third kappa shape index (κ3) is 4.57. The van der Waals surface area contributed by atoms with E-state index >= 15 is 0 Å². The number of alkyl halides is 1. The number of Topliss-reactive ketones (excluding diaryl/α,β-unsaturated/α-hetero) is 1. The Labute approximate surface area is 77.7 Å². The maximum atomic E-state index is 10.6.